The van der Waals surface area contributed by atoms with Crippen LogP contribution in [0, 0.1) is 13.8 Å². The van der Waals surface area contributed by atoms with E-state index >= 15 is 0 Å². The largest absolute Gasteiger partial charge is 0.492 e. The van der Waals surface area contributed by atoms with Gasteiger partial charge in [-0.1, -0.05) is 130 Å². The molecule has 2 atom stereocenters. The molecule has 8 heterocycles. The third kappa shape index (κ3) is 18.6. The highest BCUT2D eigenvalue weighted by Crippen LogP contribution is 2.35. The van der Waals surface area contributed by atoms with Gasteiger partial charge < -0.3 is 44.9 Å². The van der Waals surface area contributed by atoms with Gasteiger partial charge in [-0.25, -0.2) is 19.9 Å². The monoisotopic (exact) mass is 1320 g/mol. The van der Waals surface area contributed by atoms with E-state index in [1.54, 1.807) is 13.8 Å². The molecular weight excluding hydrogens is 1230 g/mol. The second-order valence-corrected chi connectivity index (χ2v) is 23.5. The number of aryl methyl sites for hydroxylation is 2. The fraction of sp³-hybridized carbons (Fsp3) is 0.600. The minimum absolute atomic E-state index is 0. The molecule has 4 saturated heterocycles. The van der Waals surface area contributed by atoms with E-state index in [-0.39, 0.29) is 38.3 Å². The zero-order chi connectivity index (χ0) is 59.0. The second kappa shape index (κ2) is 34.1. The molecule has 2 aromatic carbocycles. The number of likely N-dealkylation sites (tertiary alicyclic amines) is 1. The maximum Gasteiger partial charge on any atom is 0.270 e. The molecule has 4 aliphatic rings. The molecule has 20 nitrogen and oxygen atoms in total. The summed E-state index contributed by atoms with van der Waals surface area (Å²) in [6, 6.07) is 14.1. The van der Waals surface area contributed by atoms with Crippen LogP contribution in [0.3, 0.4) is 0 Å². The van der Waals surface area contributed by atoms with Gasteiger partial charge in [0.25, 0.3) is 11.8 Å². The Hall–Kier alpha value is -4.84. The van der Waals surface area contributed by atoms with E-state index in [1.807, 2.05) is 24.3 Å². The van der Waals surface area contributed by atoms with Crippen LogP contribution in [0.1, 0.15) is 130 Å². The molecule has 0 saturated carbocycles. The molecule has 0 amide bonds. The Morgan fingerprint density at radius 3 is 1.47 bits per heavy atom. The van der Waals surface area contributed by atoms with Gasteiger partial charge in [-0.3, -0.25) is 14.7 Å². The molecule has 0 unspecified atom stereocenters. The molecule has 6 aromatic rings. The Labute approximate surface area is 531 Å². The van der Waals surface area contributed by atoms with Crippen molar-refractivity contribution in [1.29, 1.82) is 0 Å². The number of anilines is 4. The van der Waals surface area contributed by atoms with Crippen molar-refractivity contribution in [2.75, 3.05) is 99.9 Å². The topological polar surface area (TPSA) is 228 Å². The quantitative estimate of drug-likeness (QED) is 0.0506. The molecule has 10 rings (SSSR count). The molecule has 0 radical (unpaired) electrons. The predicted octanol–water partition coefficient (Wildman–Crippen LogP) is 12.9. The number of aromatic nitrogens is 8. The molecular formula is C60H89BrCl4N16O4. The van der Waals surface area contributed by atoms with Crippen molar-refractivity contribution >= 4 is 85.6 Å². The number of unbranched alkanes of at least 4 members (excludes halogenated alkanes) is 2. The fourth-order valence-corrected chi connectivity index (χ4v) is 12.3. The van der Waals surface area contributed by atoms with Crippen molar-refractivity contribution < 1.29 is 18.3 Å². The van der Waals surface area contributed by atoms with Gasteiger partial charge in [0.15, 0.2) is 45.0 Å². The van der Waals surface area contributed by atoms with Gasteiger partial charge >= 0.3 is 0 Å². The van der Waals surface area contributed by atoms with Crippen LogP contribution in [-0.4, -0.2) is 158 Å². The predicted molar refractivity (Wildman–Crippen MR) is 349 cm³/mol. The van der Waals surface area contributed by atoms with Crippen molar-refractivity contribution in [3.63, 3.8) is 0 Å². The maximum atomic E-state index is 6.60. The lowest BCUT2D eigenvalue weighted by Crippen LogP contribution is -2.58. The van der Waals surface area contributed by atoms with Crippen molar-refractivity contribution in [3.05, 3.63) is 79.7 Å². The van der Waals surface area contributed by atoms with Crippen molar-refractivity contribution in [1.82, 2.24) is 60.3 Å². The number of nitrogens with zero attached hydrogens (tertiary/aromatic N) is 13. The molecule has 25 heteroatoms. The first kappa shape index (κ1) is 69.3. The number of rotatable bonds is 19. The average molecular weight is 1320 g/mol. The standard InChI is InChI=1S/C29H40Cl2N8O2.C18H27ClN8O.C11H14BrClO.2CH4/c1-4-6-15-40-24-16-20(7-8-23(24)30)17-37-11-9-22(10-12-37)39-14-13-38(18-21(39)5-2)28-26(31)33-25(27(32)34-28)29-36-35-19(3)41-29;1-3-12-10-26(8-9-27(12)13-4-6-21-7-5-13)17-15(19)22-14(16(20)23-17)18-25-24-11(2)28-18;1-2-3-6-14-11-7-9(8-12)4-5-10(11)13;;/h7-8,16,21-22H,4-6,9-15,17-18H2,1-3H3,(H2,32,34);12-13,21H,3-10H2,1-2H3,(H2,20,23);4-5,7H,2-3,6,8H2,1H3;2*1H4/t21-;12-;;;/m00.../s1. The fourth-order valence-electron chi connectivity index (χ4n) is 11.1. The number of piperazine rings is 2. The number of piperidine rings is 2. The van der Waals surface area contributed by atoms with Crippen LogP contribution in [0.25, 0.3) is 23.2 Å². The van der Waals surface area contributed by atoms with Crippen molar-refractivity contribution in [3.8, 4) is 34.7 Å². The summed E-state index contributed by atoms with van der Waals surface area (Å²) in [6.07, 6.45) is 11.2. The Bertz CT molecular complexity index is 3000. The lowest BCUT2D eigenvalue weighted by molar-refractivity contribution is 0.0610. The van der Waals surface area contributed by atoms with Gasteiger partial charge in [-0.2, -0.15) is 0 Å². The van der Waals surface area contributed by atoms with Crippen molar-refractivity contribution in [2.24, 2.45) is 0 Å². The van der Waals surface area contributed by atoms with Crippen LogP contribution in [0.4, 0.5) is 23.3 Å². The summed E-state index contributed by atoms with van der Waals surface area (Å²) < 4.78 is 22.4. The number of alkyl halides is 1. The van der Waals surface area contributed by atoms with Gasteiger partial charge in [0.1, 0.15) is 11.5 Å². The van der Waals surface area contributed by atoms with Crippen LogP contribution in [0.15, 0.2) is 45.2 Å². The number of nitrogens with one attached hydrogen (secondary N) is 1. The molecule has 0 bridgehead atoms. The van der Waals surface area contributed by atoms with Gasteiger partial charge in [0.05, 0.1) is 23.3 Å². The SMILES string of the molecule is C.C.CCCCOc1cc(CBr)ccc1Cl.CCCCOc1cc(CN2CCC(N3CCN(c4nc(N)c(-c5nnc(C)o5)nc4Cl)C[C@@H]3CC)CC2)ccc1Cl.CC[C@H]1CN(c2nc(N)c(-c3nnc(C)o3)nc2Cl)CCN1C1CCNCC1. The zero-order valence-corrected chi connectivity index (χ0v) is 53.3. The molecule has 0 aliphatic carbocycles. The summed E-state index contributed by atoms with van der Waals surface area (Å²) in [5.74, 6) is 4.63. The molecule has 0 spiro atoms. The van der Waals surface area contributed by atoms with E-state index in [0.717, 1.165) is 147 Å². The number of benzene rings is 2. The third-order valence-corrected chi connectivity index (χ3v) is 17.4. The lowest BCUT2D eigenvalue weighted by atomic mass is 9.98. The summed E-state index contributed by atoms with van der Waals surface area (Å²) in [4.78, 5) is 30.3. The molecule has 5 N–H and O–H groups in total. The number of halogens is 5. The van der Waals surface area contributed by atoms with E-state index in [4.69, 9.17) is 76.2 Å². The van der Waals surface area contributed by atoms with E-state index < -0.39 is 0 Å². The Balaban J connectivity index is 0.000000227. The summed E-state index contributed by atoms with van der Waals surface area (Å²) in [5.41, 5.74) is 15.5. The van der Waals surface area contributed by atoms with Crippen LogP contribution in [-0.2, 0) is 11.9 Å². The summed E-state index contributed by atoms with van der Waals surface area (Å²) in [5, 5.41) is 21.9. The van der Waals surface area contributed by atoms with Gasteiger partial charge in [-0.05, 0) is 113 Å². The first-order valence-corrected chi connectivity index (χ1v) is 31.9. The maximum absolute atomic E-state index is 6.60. The Morgan fingerprint density at radius 1 is 0.600 bits per heavy atom. The number of hydrogen-bond acceptors (Lipinski definition) is 20. The highest BCUT2D eigenvalue weighted by atomic mass is 79.9. The highest BCUT2D eigenvalue weighted by molar-refractivity contribution is 9.08. The summed E-state index contributed by atoms with van der Waals surface area (Å²) in [7, 11) is 0. The van der Waals surface area contributed by atoms with E-state index in [2.05, 4.69) is 126 Å². The normalized spacial score (nSPS) is 18.2. The van der Waals surface area contributed by atoms with Crippen molar-refractivity contribution in [2.45, 2.75) is 157 Å². The average Bonchev–Trinajstić information content (AvgIpc) is 3.57. The van der Waals surface area contributed by atoms with Gasteiger partial charge in [0.2, 0.25) is 11.8 Å². The third-order valence-electron chi connectivity index (χ3n) is 15.6. The second-order valence-electron chi connectivity index (χ2n) is 21.4. The minimum Gasteiger partial charge on any atom is -0.492 e. The summed E-state index contributed by atoms with van der Waals surface area (Å²) >= 11 is 28.9. The van der Waals surface area contributed by atoms with Crippen LogP contribution in [0.2, 0.25) is 20.4 Å². The van der Waals surface area contributed by atoms with Gasteiger partial charge in [0, 0.05) is 89.2 Å². The van der Waals surface area contributed by atoms with Gasteiger partial charge in [-0.15, -0.1) is 20.4 Å². The highest BCUT2D eigenvalue weighted by Gasteiger charge is 2.36. The molecule has 85 heavy (non-hydrogen) atoms. The van der Waals surface area contributed by atoms with E-state index in [0.29, 0.717) is 85.9 Å². The zero-order valence-electron chi connectivity index (χ0n) is 48.7. The summed E-state index contributed by atoms with van der Waals surface area (Å²) in [6.45, 7) is 24.2. The first-order chi connectivity index (χ1) is 40.2. The minimum atomic E-state index is 0. The molecule has 4 aromatic heterocycles. The van der Waals surface area contributed by atoms with E-state index in [1.165, 1.54) is 24.0 Å². The Morgan fingerprint density at radius 2 is 1.05 bits per heavy atom. The van der Waals surface area contributed by atoms with Crippen LogP contribution in [0.5, 0.6) is 11.5 Å². The lowest BCUT2D eigenvalue weighted by Gasteiger charge is -2.47. The molecule has 4 aliphatic heterocycles. The number of ether oxygens (including phenoxy) is 2. The number of nitrogens with two attached hydrogens (primary N) is 2. The first-order valence-electron chi connectivity index (χ1n) is 29.3. The molecule has 468 valence electrons. The van der Waals surface area contributed by atoms with Crippen LogP contribution >= 0.6 is 62.3 Å². The number of hydrogen-bond donors (Lipinski definition) is 3. The smallest absolute Gasteiger partial charge is 0.270 e. The molecule has 4 fully saturated rings. The Kier molecular flexibility index (Phi) is 27.8. The van der Waals surface area contributed by atoms with Crippen LogP contribution < -0.4 is 36.1 Å². The number of nitrogen functional groups attached to an aromatic ring is 2. The van der Waals surface area contributed by atoms with E-state index in [9.17, 15) is 0 Å².